The molecule has 0 saturated carbocycles. The highest BCUT2D eigenvalue weighted by atomic mass is 79.9. The number of nitro groups is 1. The van der Waals surface area contributed by atoms with Crippen LogP contribution in [0.4, 0.5) is 5.69 Å². The van der Waals surface area contributed by atoms with Gasteiger partial charge in [-0.3, -0.25) is 14.9 Å². The number of halogens is 1. The molecule has 150 valence electrons. The third kappa shape index (κ3) is 4.37. The molecule has 3 rings (SSSR count). The second-order valence-corrected chi connectivity index (χ2v) is 6.77. The summed E-state index contributed by atoms with van der Waals surface area (Å²) in [6.45, 7) is 0.191. The average Bonchev–Trinajstić information content (AvgIpc) is 3.26. The molecule has 0 fully saturated rings. The number of ether oxygens (including phenoxy) is 2. The van der Waals surface area contributed by atoms with E-state index in [2.05, 4.69) is 26.2 Å². The summed E-state index contributed by atoms with van der Waals surface area (Å²) in [7, 11) is 3.06. The van der Waals surface area contributed by atoms with E-state index in [9.17, 15) is 14.9 Å². The Kier molecular flexibility index (Phi) is 6.13. The molecule has 9 nitrogen and oxygen atoms in total. The van der Waals surface area contributed by atoms with Gasteiger partial charge < -0.3 is 19.4 Å². The Morgan fingerprint density at radius 3 is 2.59 bits per heavy atom. The largest absolute Gasteiger partial charge is 0.493 e. The maximum absolute atomic E-state index is 12.6. The third-order valence-electron chi connectivity index (χ3n) is 4.21. The standard InChI is InChI=1S/C19H17BrN4O5/c1-28-17-8-13(14(20)9-18(17)29-2)10-22-19(25)12-3-4-15(16(7-12)24(26)27)23-6-5-21-11-23/h3-9,11H,10H2,1-2H3,(H,22,25). The minimum Gasteiger partial charge on any atom is -0.493 e. The van der Waals surface area contributed by atoms with Crippen LogP contribution in [0.15, 0.2) is 53.5 Å². The predicted octanol–water partition coefficient (Wildman–Crippen LogP) is 3.49. The minimum atomic E-state index is -0.531. The van der Waals surface area contributed by atoms with Gasteiger partial charge in [0.2, 0.25) is 0 Å². The highest BCUT2D eigenvalue weighted by Gasteiger charge is 2.19. The average molecular weight is 461 g/mol. The topological polar surface area (TPSA) is 109 Å². The number of carbonyl (C=O) groups excluding carboxylic acids is 1. The zero-order valence-corrected chi connectivity index (χ0v) is 17.2. The van der Waals surface area contributed by atoms with Crippen LogP contribution in [0.25, 0.3) is 5.69 Å². The van der Waals surface area contributed by atoms with E-state index in [0.29, 0.717) is 17.2 Å². The van der Waals surface area contributed by atoms with E-state index in [0.717, 1.165) is 10.0 Å². The number of nitrogens with zero attached hydrogens (tertiary/aromatic N) is 3. The van der Waals surface area contributed by atoms with Crippen molar-refractivity contribution in [1.29, 1.82) is 0 Å². The monoisotopic (exact) mass is 460 g/mol. The highest BCUT2D eigenvalue weighted by molar-refractivity contribution is 9.10. The van der Waals surface area contributed by atoms with Crippen LogP contribution in [0.1, 0.15) is 15.9 Å². The van der Waals surface area contributed by atoms with Gasteiger partial charge in [-0.2, -0.15) is 0 Å². The van der Waals surface area contributed by atoms with Crippen LogP contribution in [0.2, 0.25) is 0 Å². The number of aromatic nitrogens is 2. The Labute approximate surface area is 174 Å². The van der Waals surface area contributed by atoms with Crippen LogP contribution in [0.3, 0.4) is 0 Å². The number of hydrogen-bond donors (Lipinski definition) is 1. The molecule has 10 heteroatoms. The van der Waals surface area contributed by atoms with E-state index < -0.39 is 10.8 Å². The van der Waals surface area contributed by atoms with Gasteiger partial charge in [-0.1, -0.05) is 15.9 Å². The zero-order valence-electron chi connectivity index (χ0n) is 15.6. The second-order valence-electron chi connectivity index (χ2n) is 5.91. The van der Waals surface area contributed by atoms with E-state index in [1.807, 2.05) is 0 Å². The van der Waals surface area contributed by atoms with Gasteiger partial charge in [0.05, 0.1) is 25.5 Å². The number of benzene rings is 2. The van der Waals surface area contributed by atoms with Gasteiger partial charge in [0.15, 0.2) is 11.5 Å². The number of rotatable bonds is 7. The minimum absolute atomic E-state index is 0.178. The van der Waals surface area contributed by atoms with Crippen LogP contribution >= 0.6 is 15.9 Å². The van der Waals surface area contributed by atoms with Crippen molar-refractivity contribution < 1.29 is 19.2 Å². The summed E-state index contributed by atoms with van der Waals surface area (Å²) in [5.41, 5.74) is 1.08. The van der Waals surface area contributed by atoms with Crippen molar-refractivity contribution in [3.63, 3.8) is 0 Å². The van der Waals surface area contributed by atoms with Crippen molar-refractivity contribution in [2.75, 3.05) is 14.2 Å². The molecule has 0 aliphatic rings. The van der Waals surface area contributed by atoms with Crippen molar-refractivity contribution in [3.8, 4) is 17.2 Å². The normalized spacial score (nSPS) is 10.4. The van der Waals surface area contributed by atoms with Crippen LogP contribution in [0.5, 0.6) is 11.5 Å². The van der Waals surface area contributed by atoms with Gasteiger partial charge in [0.25, 0.3) is 11.6 Å². The molecule has 0 atom stereocenters. The smallest absolute Gasteiger partial charge is 0.294 e. The van der Waals surface area contributed by atoms with Gasteiger partial charge in [-0.15, -0.1) is 0 Å². The van der Waals surface area contributed by atoms with E-state index >= 15 is 0 Å². The maximum atomic E-state index is 12.6. The molecule has 0 bridgehead atoms. The van der Waals surface area contributed by atoms with Gasteiger partial charge >= 0.3 is 0 Å². The summed E-state index contributed by atoms with van der Waals surface area (Å²) in [6.07, 6.45) is 4.57. The van der Waals surface area contributed by atoms with Gasteiger partial charge in [0, 0.05) is 35.0 Å². The number of hydrogen-bond acceptors (Lipinski definition) is 6. The van der Waals surface area contributed by atoms with E-state index in [1.165, 1.54) is 49.5 Å². The molecule has 3 aromatic rings. The summed E-state index contributed by atoms with van der Waals surface area (Å²) in [5.74, 6) is 0.646. The van der Waals surface area contributed by atoms with Crippen molar-refractivity contribution in [1.82, 2.24) is 14.9 Å². The fourth-order valence-electron chi connectivity index (χ4n) is 2.74. The lowest BCUT2D eigenvalue weighted by molar-refractivity contribution is -0.384. The fourth-order valence-corrected chi connectivity index (χ4v) is 3.20. The number of nitro benzene ring substituents is 1. The number of nitrogens with one attached hydrogen (secondary N) is 1. The highest BCUT2D eigenvalue weighted by Crippen LogP contribution is 2.33. The molecule has 29 heavy (non-hydrogen) atoms. The Hall–Kier alpha value is -3.40. The summed E-state index contributed by atoms with van der Waals surface area (Å²) in [6, 6.07) is 7.77. The molecule has 0 aliphatic heterocycles. The van der Waals surface area contributed by atoms with Gasteiger partial charge in [-0.05, 0) is 29.8 Å². The van der Waals surface area contributed by atoms with Crippen molar-refractivity contribution >= 4 is 27.5 Å². The lowest BCUT2D eigenvalue weighted by atomic mass is 10.1. The molecule has 1 heterocycles. The zero-order chi connectivity index (χ0) is 21.0. The third-order valence-corrected chi connectivity index (χ3v) is 4.95. The van der Waals surface area contributed by atoms with Crippen molar-refractivity contribution in [2.24, 2.45) is 0 Å². The molecular formula is C19H17BrN4O5. The Morgan fingerprint density at radius 2 is 1.97 bits per heavy atom. The van der Waals surface area contributed by atoms with E-state index in [4.69, 9.17) is 9.47 Å². The molecule has 0 saturated heterocycles. The lowest BCUT2D eigenvalue weighted by Crippen LogP contribution is -2.23. The lowest BCUT2D eigenvalue weighted by Gasteiger charge is -2.13. The molecule has 1 N–H and O–H groups in total. The van der Waals surface area contributed by atoms with Crippen LogP contribution in [-0.2, 0) is 6.54 Å². The first-order valence-electron chi connectivity index (χ1n) is 8.40. The summed E-state index contributed by atoms with van der Waals surface area (Å²) < 4.78 is 12.8. The molecule has 0 spiro atoms. The Bertz CT molecular complexity index is 1050. The molecule has 2 aromatic carbocycles. The Morgan fingerprint density at radius 1 is 1.24 bits per heavy atom. The van der Waals surface area contributed by atoms with Crippen LogP contribution in [0, 0.1) is 10.1 Å². The van der Waals surface area contributed by atoms with Gasteiger partial charge in [-0.25, -0.2) is 4.98 Å². The molecule has 0 aliphatic carbocycles. The first-order valence-corrected chi connectivity index (χ1v) is 9.19. The SMILES string of the molecule is COc1cc(Br)c(CNC(=O)c2ccc(-n3ccnc3)c([N+](=O)[O-])c2)cc1OC. The molecule has 0 radical (unpaired) electrons. The Balaban J connectivity index is 1.81. The first-order chi connectivity index (χ1) is 13.9. The first kappa shape index (κ1) is 20.3. The molecule has 0 unspecified atom stereocenters. The van der Waals surface area contributed by atoms with Crippen molar-refractivity contribution in [2.45, 2.75) is 6.54 Å². The number of methoxy groups -OCH3 is 2. The fraction of sp³-hybridized carbons (Fsp3) is 0.158. The van der Waals surface area contributed by atoms with Crippen LogP contribution in [-0.4, -0.2) is 34.6 Å². The maximum Gasteiger partial charge on any atom is 0.294 e. The predicted molar refractivity (Wildman–Crippen MR) is 109 cm³/mol. The van der Waals surface area contributed by atoms with Crippen molar-refractivity contribution in [3.05, 3.63) is 74.8 Å². The molecule has 1 aromatic heterocycles. The quantitative estimate of drug-likeness (QED) is 0.426. The second kappa shape index (κ2) is 8.74. The van der Waals surface area contributed by atoms with E-state index in [-0.39, 0.29) is 17.8 Å². The molecular weight excluding hydrogens is 444 g/mol. The van der Waals surface area contributed by atoms with Gasteiger partial charge in [0.1, 0.15) is 5.69 Å². The number of imidazole rings is 1. The van der Waals surface area contributed by atoms with E-state index in [1.54, 1.807) is 18.3 Å². The summed E-state index contributed by atoms with van der Waals surface area (Å²) >= 11 is 3.44. The molecule has 1 amide bonds. The van der Waals surface area contributed by atoms with Crippen LogP contribution < -0.4 is 14.8 Å². The summed E-state index contributed by atoms with van der Waals surface area (Å²) in [5, 5.41) is 14.2. The summed E-state index contributed by atoms with van der Waals surface area (Å²) in [4.78, 5) is 27.4. The number of carbonyl (C=O) groups is 1. The number of amides is 1.